The lowest BCUT2D eigenvalue weighted by atomic mass is 10.2. The molecule has 0 amide bonds. The van der Waals surface area contributed by atoms with Gasteiger partial charge in [-0.25, -0.2) is 18.0 Å². The minimum atomic E-state index is -3.06. The van der Waals surface area contributed by atoms with E-state index < -0.39 is 29.5 Å². The third kappa shape index (κ3) is 2.45. The maximum absolute atomic E-state index is 13.3. The Labute approximate surface area is 83.9 Å². The summed E-state index contributed by atoms with van der Waals surface area (Å²) < 4.78 is 42.2. The number of halogens is 3. The number of hydrogen-bond acceptors (Lipinski definition) is 3. The molecule has 3 nitrogen and oxygen atoms in total. The number of hydrogen-bond donors (Lipinski definition) is 0. The van der Waals surface area contributed by atoms with Gasteiger partial charge in [0.15, 0.2) is 5.82 Å². The van der Waals surface area contributed by atoms with Crippen molar-refractivity contribution in [3.8, 4) is 0 Å². The van der Waals surface area contributed by atoms with E-state index in [0.29, 0.717) is 0 Å². The largest absolute Gasteiger partial charge is 0.462 e. The van der Waals surface area contributed by atoms with Crippen LogP contribution in [0, 0.1) is 5.82 Å². The van der Waals surface area contributed by atoms with E-state index in [1.54, 1.807) is 0 Å². The third-order valence-electron chi connectivity index (χ3n) is 1.62. The molecule has 0 saturated carbocycles. The number of esters is 1. The molecule has 82 valence electrons. The van der Waals surface area contributed by atoms with Gasteiger partial charge in [0.25, 0.3) is 6.43 Å². The molecule has 0 saturated heterocycles. The summed E-state index contributed by atoms with van der Waals surface area (Å²) in [7, 11) is 0. The molecule has 0 atom stereocenters. The first-order valence-electron chi connectivity index (χ1n) is 4.17. The van der Waals surface area contributed by atoms with E-state index in [9.17, 15) is 18.0 Å². The average Bonchev–Trinajstić information content (AvgIpc) is 2.17. The Morgan fingerprint density at radius 3 is 2.80 bits per heavy atom. The second-order valence-corrected chi connectivity index (χ2v) is 2.58. The van der Waals surface area contributed by atoms with Gasteiger partial charge in [0.1, 0.15) is 5.69 Å². The van der Waals surface area contributed by atoms with E-state index in [0.717, 1.165) is 12.3 Å². The number of carbonyl (C=O) groups excluding carboxylic acids is 1. The monoisotopic (exact) mass is 219 g/mol. The number of pyridine rings is 1. The molecule has 0 radical (unpaired) electrons. The van der Waals surface area contributed by atoms with Crippen LogP contribution in [0.2, 0.25) is 0 Å². The summed E-state index contributed by atoms with van der Waals surface area (Å²) >= 11 is 0. The molecule has 6 heteroatoms. The van der Waals surface area contributed by atoms with Crippen molar-refractivity contribution in [3.63, 3.8) is 0 Å². The van der Waals surface area contributed by atoms with Gasteiger partial charge < -0.3 is 4.74 Å². The molecule has 0 bridgehead atoms. The van der Waals surface area contributed by atoms with Crippen molar-refractivity contribution in [1.82, 2.24) is 4.98 Å². The molecule has 15 heavy (non-hydrogen) atoms. The van der Waals surface area contributed by atoms with Crippen molar-refractivity contribution >= 4 is 5.97 Å². The standard InChI is InChI=1S/C9H8F3NO2/c1-2-15-9(14)5-3-4-13-7(6(5)10)8(11)12/h3-4,8H,2H2,1H3. The van der Waals surface area contributed by atoms with Crippen LogP contribution in [0.3, 0.4) is 0 Å². The maximum atomic E-state index is 13.3. The molecule has 0 spiro atoms. The van der Waals surface area contributed by atoms with Gasteiger partial charge >= 0.3 is 5.97 Å². The lowest BCUT2D eigenvalue weighted by Crippen LogP contribution is -2.10. The van der Waals surface area contributed by atoms with Gasteiger partial charge in [-0.05, 0) is 13.0 Å². The Bertz CT molecular complexity index is 368. The highest BCUT2D eigenvalue weighted by molar-refractivity contribution is 5.89. The molecule has 1 heterocycles. The van der Waals surface area contributed by atoms with Crippen molar-refractivity contribution in [2.75, 3.05) is 6.61 Å². The fraction of sp³-hybridized carbons (Fsp3) is 0.333. The SMILES string of the molecule is CCOC(=O)c1ccnc(C(F)F)c1F. The lowest BCUT2D eigenvalue weighted by molar-refractivity contribution is 0.0519. The normalized spacial score (nSPS) is 10.5. The highest BCUT2D eigenvalue weighted by atomic mass is 19.3. The summed E-state index contributed by atoms with van der Waals surface area (Å²) in [6.45, 7) is 1.58. The average molecular weight is 219 g/mol. The van der Waals surface area contributed by atoms with E-state index in [2.05, 4.69) is 9.72 Å². The minimum Gasteiger partial charge on any atom is -0.462 e. The van der Waals surface area contributed by atoms with Gasteiger partial charge in [-0.2, -0.15) is 0 Å². The van der Waals surface area contributed by atoms with Crippen LogP contribution in [0.15, 0.2) is 12.3 Å². The van der Waals surface area contributed by atoms with Crippen LogP contribution in [0.25, 0.3) is 0 Å². The first kappa shape index (κ1) is 11.5. The molecular weight excluding hydrogens is 211 g/mol. The zero-order chi connectivity index (χ0) is 11.4. The van der Waals surface area contributed by atoms with E-state index in [4.69, 9.17) is 0 Å². The molecule has 0 aliphatic heterocycles. The highest BCUT2D eigenvalue weighted by Gasteiger charge is 2.22. The fourth-order valence-electron chi connectivity index (χ4n) is 0.979. The van der Waals surface area contributed by atoms with Crippen LogP contribution >= 0.6 is 0 Å². The Balaban J connectivity index is 3.09. The van der Waals surface area contributed by atoms with Crippen molar-refractivity contribution in [3.05, 3.63) is 29.3 Å². The van der Waals surface area contributed by atoms with Crippen LogP contribution in [0.4, 0.5) is 13.2 Å². The summed E-state index contributed by atoms with van der Waals surface area (Å²) in [5.41, 5.74) is -1.57. The molecule has 0 aromatic carbocycles. The van der Waals surface area contributed by atoms with Crippen molar-refractivity contribution in [2.45, 2.75) is 13.3 Å². The molecule has 0 aliphatic carbocycles. The zero-order valence-corrected chi connectivity index (χ0v) is 7.84. The van der Waals surface area contributed by atoms with Crippen LogP contribution in [-0.4, -0.2) is 17.6 Å². The number of carbonyl (C=O) groups is 1. The fourth-order valence-corrected chi connectivity index (χ4v) is 0.979. The summed E-state index contributed by atoms with van der Waals surface area (Å²) in [4.78, 5) is 14.3. The molecule has 0 aliphatic rings. The van der Waals surface area contributed by atoms with Crippen LogP contribution in [-0.2, 0) is 4.74 Å². The number of aromatic nitrogens is 1. The number of nitrogens with zero attached hydrogens (tertiary/aromatic N) is 1. The van der Waals surface area contributed by atoms with Gasteiger partial charge in [0.2, 0.25) is 0 Å². The first-order chi connectivity index (χ1) is 7.07. The highest BCUT2D eigenvalue weighted by Crippen LogP contribution is 2.21. The second-order valence-electron chi connectivity index (χ2n) is 2.58. The minimum absolute atomic E-state index is 0.0462. The van der Waals surface area contributed by atoms with E-state index in [1.165, 1.54) is 6.92 Å². The molecule has 1 aromatic heterocycles. The topological polar surface area (TPSA) is 39.2 Å². The number of alkyl halides is 2. The zero-order valence-electron chi connectivity index (χ0n) is 7.84. The van der Waals surface area contributed by atoms with Gasteiger partial charge in [0.05, 0.1) is 12.2 Å². The molecule has 0 N–H and O–H groups in total. The van der Waals surface area contributed by atoms with Crippen LogP contribution in [0.1, 0.15) is 29.4 Å². The first-order valence-corrected chi connectivity index (χ1v) is 4.17. The second kappa shape index (κ2) is 4.77. The Kier molecular flexibility index (Phi) is 3.65. The molecule has 0 fully saturated rings. The third-order valence-corrected chi connectivity index (χ3v) is 1.62. The van der Waals surface area contributed by atoms with E-state index in [1.807, 2.05) is 0 Å². The van der Waals surface area contributed by atoms with E-state index in [-0.39, 0.29) is 6.61 Å². The molecule has 0 unspecified atom stereocenters. The van der Waals surface area contributed by atoms with Crippen molar-refractivity contribution in [1.29, 1.82) is 0 Å². The van der Waals surface area contributed by atoms with Gasteiger partial charge in [0, 0.05) is 6.20 Å². The van der Waals surface area contributed by atoms with Gasteiger partial charge in [-0.15, -0.1) is 0 Å². The summed E-state index contributed by atoms with van der Waals surface area (Å²) in [5, 5.41) is 0. The quantitative estimate of drug-likeness (QED) is 0.732. The van der Waals surface area contributed by atoms with E-state index >= 15 is 0 Å². The van der Waals surface area contributed by atoms with Crippen molar-refractivity contribution in [2.24, 2.45) is 0 Å². The lowest BCUT2D eigenvalue weighted by Gasteiger charge is -2.05. The Hall–Kier alpha value is -1.59. The maximum Gasteiger partial charge on any atom is 0.341 e. The van der Waals surface area contributed by atoms with Crippen LogP contribution < -0.4 is 0 Å². The molecule has 1 rings (SSSR count). The Morgan fingerprint density at radius 1 is 1.60 bits per heavy atom. The summed E-state index contributed by atoms with van der Waals surface area (Å²) in [5.74, 6) is -2.30. The van der Waals surface area contributed by atoms with Gasteiger partial charge in [-0.3, -0.25) is 4.98 Å². The number of ether oxygens (including phenoxy) is 1. The van der Waals surface area contributed by atoms with Crippen molar-refractivity contribution < 1.29 is 22.7 Å². The smallest absolute Gasteiger partial charge is 0.341 e. The summed E-state index contributed by atoms with van der Waals surface area (Å²) in [6, 6.07) is 0.999. The Morgan fingerprint density at radius 2 is 2.27 bits per heavy atom. The predicted octanol–water partition coefficient (Wildman–Crippen LogP) is 2.33. The summed E-state index contributed by atoms with van der Waals surface area (Å²) in [6.07, 6.45) is -2.11. The predicted molar refractivity (Wildman–Crippen MR) is 45.1 cm³/mol. The molecule has 1 aromatic rings. The number of rotatable bonds is 3. The van der Waals surface area contributed by atoms with Crippen LogP contribution in [0.5, 0.6) is 0 Å². The molecular formula is C9H8F3NO2. The van der Waals surface area contributed by atoms with Gasteiger partial charge in [-0.1, -0.05) is 0 Å².